The van der Waals surface area contributed by atoms with Crippen molar-refractivity contribution in [3.8, 4) is 0 Å². The second-order valence-electron chi connectivity index (χ2n) is 4.96. The van der Waals surface area contributed by atoms with Gasteiger partial charge in [-0.1, -0.05) is 29.3 Å². The number of quaternary nitrogens is 1. The molecule has 0 spiro atoms. The summed E-state index contributed by atoms with van der Waals surface area (Å²) in [7, 11) is -4.55. The lowest BCUT2D eigenvalue weighted by atomic mass is 10.2. The Balaban J connectivity index is 0.000000203. The third-order valence-electron chi connectivity index (χ3n) is 3.14. The monoisotopic (exact) mass is 416 g/mol. The molecule has 23 heavy (non-hydrogen) atoms. The number of hydrogen-bond acceptors (Lipinski definition) is 2. The van der Waals surface area contributed by atoms with E-state index in [0.717, 1.165) is 5.69 Å². The summed E-state index contributed by atoms with van der Waals surface area (Å²) in [5, 5.41) is 0.365. The highest BCUT2D eigenvalue weighted by atomic mass is 79.9. The highest BCUT2D eigenvalue weighted by Gasteiger charge is 2.16. The SMILES string of the molecule is Cc1ccc([NH3+])cc1.O=P([O-])(O)c1c[nH]c2ccc(Br)c(Cl)c12. The van der Waals surface area contributed by atoms with Crippen molar-refractivity contribution in [1.82, 2.24) is 4.98 Å². The van der Waals surface area contributed by atoms with Crippen molar-refractivity contribution in [2.75, 3.05) is 0 Å². The van der Waals surface area contributed by atoms with Crippen LogP contribution in [-0.2, 0) is 4.57 Å². The van der Waals surface area contributed by atoms with Crippen molar-refractivity contribution in [3.63, 3.8) is 0 Å². The number of fused-ring (bicyclic) bond motifs is 1. The Morgan fingerprint density at radius 3 is 2.39 bits per heavy atom. The number of aromatic nitrogens is 1. The van der Waals surface area contributed by atoms with E-state index in [9.17, 15) is 9.46 Å². The van der Waals surface area contributed by atoms with Gasteiger partial charge in [0.1, 0.15) is 5.69 Å². The van der Waals surface area contributed by atoms with Gasteiger partial charge in [-0.3, -0.25) is 0 Å². The average molecular weight is 418 g/mol. The minimum atomic E-state index is -4.55. The molecule has 0 aliphatic carbocycles. The Kier molecular flexibility index (Phi) is 5.68. The predicted octanol–water partition coefficient (Wildman–Crippen LogP) is 2.62. The van der Waals surface area contributed by atoms with Gasteiger partial charge in [0.25, 0.3) is 0 Å². The first kappa shape index (κ1) is 18.2. The first-order valence-corrected chi connectivity index (χ1v) is 9.33. The Hall–Kier alpha value is -1.14. The van der Waals surface area contributed by atoms with Crippen molar-refractivity contribution < 1.29 is 20.1 Å². The molecule has 2 aromatic carbocycles. The molecule has 1 aromatic heterocycles. The van der Waals surface area contributed by atoms with Gasteiger partial charge < -0.3 is 25.1 Å². The normalized spacial score (nSPS) is 13.3. The van der Waals surface area contributed by atoms with Crippen LogP contribution in [0.3, 0.4) is 0 Å². The van der Waals surface area contributed by atoms with E-state index in [-0.39, 0.29) is 10.3 Å². The van der Waals surface area contributed by atoms with Gasteiger partial charge in [-0.05, 0) is 47.1 Å². The van der Waals surface area contributed by atoms with E-state index in [1.807, 2.05) is 12.1 Å². The largest absolute Gasteiger partial charge is 0.775 e. The third-order valence-corrected chi connectivity index (χ3v) is 5.38. The van der Waals surface area contributed by atoms with E-state index < -0.39 is 7.60 Å². The maximum atomic E-state index is 11.1. The second kappa shape index (κ2) is 7.18. The van der Waals surface area contributed by atoms with Crippen molar-refractivity contribution in [2.24, 2.45) is 0 Å². The molecule has 0 bridgehead atoms. The molecule has 1 atom stereocenters. The molecule has 3 rings (SSSR count). The molecule has 0 aliphatic heterocycles. The molecular formula is C15H15BrClN2O3P. The Labute approximate surface area is 146 Å². The first-order valence-electron chi connectivity index (χ1n) is 6.58. The topological polar surface area (TPSA) is 104 Å². The van der Waals surface area contributed by atoms with Gasteiger partial charge in [0.05, 0.1) is 10.3 Å². The molecule has 8 heteroatoms. The van der Waals surface area contributed by atoms with Crippen LogP contribution in [0.25, 0.3) is 10.9 Å². The van der Waals surface area contributed by atoms with Crippen molar-refractivity contribution in [2.45, 2.75) is 6.92 Å². The molecule has 0 radical (unpaired) electrons. The molecule has 0 fully saturated rings. The van der Waals surface area contributed by atoms with E-state index in [0.29, 0.717) is 15.4 Å². The average Bonchev–Trinajstić information content (AvgIpc) is 2.92. The highest BCUT2D eigenvalue weighted by molar-refractivity contribution is 9.10. The molecule has 0 amide bonds. The minimum Gasteiger partial charge on any atom is -0.775 e. The van der Waals surface area contributed by atoms with Crippen LogP contribution in [0.4, 0.5) is 5.69 Å². The Morgan fingerprint density at radius 2 is 1.87 bits per heavy atom. The van der Waals surface area contributed by atoms with Gasteiger partial charge in [-0.15, -0.1) is 0 Å². The van der Waals surface area contributed by atoms with Gasteiger partial charge in [-0.25, -0.2) is 0 Å². The van der Waals surface area contributed by atoms with Crippen LogP contribution in [0, 0.1) is 6.92 Å². The third kappa shape index (κ3) is 4.44. The molecular weight excluding hydrogens is 403 g/mol. The summed E-state index contributed by atoms with van der Waals surface area (Å²) in [6, 6.07) is 11.5. The molecule has 0 saturated carbocycles. The van der Waals surface area contributed by atoms with Crippen LogP contribution < -0.4 is 15.9 Å². The fraction of sp³-hybridized carbons (Fsp3) is 0.0667. The standard InChI is InChI=1S/C8H6BrClNO3P.C7H9N/c9-4-1-2-5-7(8(4)10)6(3-11-5)15(12,13)14;1-6-2-4-7(8)5-3-6/h1-3,11H,(H2,12,13,14);2-5H,8H2,1H3. The highest BCUT2D eigenvalue weighted by Crippen LogP contribution is 2.37. The van der Waals surface area contributed by atoms with Crippen molar-refractivity contribution in [1.29, 1.82) is 0 Å². The Bertz CT molecular complexity index is 853. The van der Waals surface area contributed by atoms with E-state index in [1.165, 1.54) is 11.8 Å². The summed E-state index contributed by atoms with van der Waals surface area (Å²) in [6.45, 7) is 2.07. The lowest BCUT2D eigenvalue weighted by Crippen LogP contribution is -2.39. The zero-order chi connectivity index (χ0) is 17.2. The van der Waals surface area contributed by atoms with Gasteiger partial charge in [-0.2, -0.15) is 0 Å². The maximum Gasteiger partial charge on any atom is 0.164 e. The molecule has 5 N–H and O–H groups in total. The predicted molar refractivity (Wildman–Crippen MR) is 94.2 cm³/mol. The molecule has 1 heterocycles. The van der Waals surface area contributed by atoms with Crippen LogP contribution in [0.1, 0.15) is 5.56 Å². The molecule has 3 aromatic rings. The number of rotatable bonds is 1. The van der Waals surface area contributed by atoms with Crippen LogP contribution in [0.15, 0.2) is 47.1 Å². The molecule has 122 valence electrons. The minimum absolute atomic E-state index is 0.191. The summed E-state index contributed by atoms with van der Waals surface area (Å²) in [6.07, 6.45) is 1.22. The zero-order valence-electron chi connectivity index (χ0n) is 12.2. The van der Waals surface area contributed by atoms with Crippen molar-refractivity contribution in [3.05, 3.63) is 57.7 Å². The van der Waals surface area contributed by atoms with Crippen LogP contribution >= 0.6 is 35.1 Å². The summed E-state index contributed by atoms with van der Waals surface area (Å²) >= 11 is 9.12. The lowest BCUT2D eigenvalue weighted by Gasteiger charge is -2.14. The summed E-state index contributed by atoms with van der Waals surface area (Å²) in [5.41, 5.74) is 6.69. The number of aryl methyl sites for hydroxylation is 1. The van der Waals surface area contributed by atoms with Gasteiger partial charge in [0, 0.05) is 21.6 Å². The van der Waals surface area contributed by atoms with Crippen molar-refractivity contribution >= 4 is 57.0 Å². The summed E-state index contributed by atoms with van der Waals surface area (Å²) < 4.78 is 11.6. The van der Waals surface area contributed by atoms with Gasteiger partial charge >= 0.3 is 0 Å². The lowest BCUT2D eigenvalue weighted by molar-refractivity contribution is -0.254. The maximum absolute atomic E-state index is 11.1. The van der Waals surface area contributed by atoms with Crippen LogP contribution in [0.2, 0.25) is 5.02 Å². The number of H-pyrrole nitrogens is 1. The number of hydrogen-bond donors (Lipinski definition) is 3. The summed E-state index contributed by atoms with van der Waals surface area (Å²) in [4.78, 5) is 22.8. The second-order valence-corrected chi connectivity index (χ2v) is 7.72. The van der Waals surface area contributed by atoms with E-state index in [4.69, 9.17) is 16.5 Å². The van der Waals surface area contributed by atoms with Crippen LogP contribution in [-0.4, -0.2) is 9.88 Å². The van der Waals surface area contributed by atoms with Gasteiger partial charge in [0.2, 0.25) is 0 Å². The molecule has 1 unspecified atom stereocenters. The van der Waals surface area contributed by atoms with Gasteiger partial charge in [0.15, 0.2) is 7.60 Å². The van der Waals surface area contributed by atoms with E-state index in [1.54, 1.807) is 12.1 Å². The number of aromatic amines is 1. The molecule has 0 saturated heterocycles. The fourth-order valence-corrected chi connectivity index (χ4v) is 3.36. The Morgan fingerprint density at radius 1 is 1.26 bits per heavy atom. The quantitative estimate of drug-likeness (QED) is 0.530. The number of halogens is 2. The number of benzene rings is 2. The smallest absolute Gasteiger partial charge is 0.164 e. The molecule has 0 aliphatic rings. The van der Waals surface area contributed by atoms with E-state index in [2.05, 4.69) is 45.7 Å². The number of nitrogens with one attached hydrogen (secondary N) is 1. The molecule has 5 nitrogen and oxygen atoms in total. The van der Waals surface area contributed by atoms with E-state index >= 15 is 0 Å². The first-order chi connectivity index (χ1) is 10.7. The fourth-order valence-electron chi connectivity index (χ4n) is 1.95. The zero-order valence-corrected chi connectivity index (χ0v) is 15.5. The van der Waals surface area contributed by atoms with Crippen LogP contribution in [0.5, 0.6) is 0 Å². The summed E-state index contributed by atoms with van der Waals surface area (Å²) in [5.74, 6) is 0.